The molecule has 4 aromatic rings. The Morgan fingerprint density at radius 2 is 1.96 bits per heavy atom. The number of aromatic nitrogens is 1. The van der Waals surface area contributed by atoms with E-state index in [2.05, 4.69) is 5.16 Å². The van der Waals surface area contributed by atoms with E-state index < -0.39 is 0 Å². The maximum Gasteiger partial charge on any atom is 0.336 e. The van der Waals surface area contributed by atoms with Gasteiger partial charge in [0.25, 0.3) is 0 Å². The molecule has 0 radical (unpaired) electrons. The molecule has 0 spiro atoms. The van der Waals surface area contributed by atoms with Gasteiger partial charge in [-0.1, -0.05) is 28.9 Å². The molecule has 5 nitrogen and oxygen atoms in total. The first kappa shape index (κ1) is 15.5. The Kier molecular flexibility index (Phi) is 3.99. The molecule has 4 rings (SSSR count). The lowest BCUT2D eigenvalue weighted by Crippen LogP contribution is -1.96. The first-order valence-electron chi connectivity index (χ1n) is 7.56. The molecule has 0 aliphatic heterocycles. The molecule has 0 amide bonds. The van der Waals surface area contributed by atoms with Gasteiger partial charge in [-0.2, -0.15) is 0 Å². The molecule has 0 saturated carbocycles. The topological polar surface area (TPSA) is 65.5 Å². The monoisotopic (exact) mass is 353 g/mol. The van der Waals surface area contributed by atoms with Crippen molar-refractivity contribution in [3.8, 4) is 17.0 Å². The van der Waals surface area contributed by atoms with Gasteiger partial charge in [0, 0.05) is 28.1 Å². The highest BCUT2D eigenvalue weighted by Gasteiger charge is 2.08. The van der Waals surface area contributed by atoms with E-state index >= 15 is 0 Å². The Morgan fingerprint density at radius 1 is 1.04 bits per heavy atom. The molecule has 0 atom stereocenters. The van der Waals surface area contributed by atoms with Gasteiger partial charge in [-0.3, -0.25) is 0 Å². The van der Waals surface area contributed by atoms with Crippen molar-refractivity contribution in [1.29, 1.82) is 0 Å². The largest absolute Gasteiger partial charge is 0.486 e. The Bertz CT molecular complexity index is 1100. The molecule has 0 aliphatic rings. The van der Waals surface area contributed by atoms with E-state index in [1.807, 2.05) is 24.3 Å². The molecule has 0 saturated heterocycles. The number of nitrogens with zero attached hydrogens (tertiary/aromatic N) is 1. The standard InChI is InChI=1S/C19H12ClNO4/c20-14-3-1-2-12(8-14)17-10-16(25-21-17)11-23-15-5-6-18-13(9-15)4-7-19(22)24-18/h1-10H,11H2. The molecular formula is C19H12ClNO4. The van der Waals surface area contributed by atoms with Crippen LogP contribution in [0.3, 0.4) is 0 Å². The van der Waals surface area contributed by atoms with Gasteiger partial charge in [0.05, 0.1) is 0 Å². The van der Waals surface area contributed by atoms with Gasteiger partial charge in [0.2, 0.25) is 0 Å². The summed E-state index contributed by atoms with van der Waals surface area (Å²) in [5.41, 5.74) is 1.71. The first-order valence-corrected chi connectivity index (χ1v) is 7.93. The van der Waals surface area contributed by atoms with Gasteiger partial charge in [0.1, 0.15) is 23.6 Å². The number of rotatable bonds is 4. The number of hydrogen-bond donors (Lipinski definition) is 0. The Labute approximate surface area is 147 Å². The molecule has 25 heavy (non-hydrogen) atoms. The van der Waals surface area contributed by atoms with Crippen LogP contribution in [0.2, 0.25) is 5.02 Å². The summed E-state index contributed by atoms with van der Waals surface area (Å²) >= 11 is 5.99. The minimum absolute atomic E-state index is 0.232. The zero-order valence-corrected chi connectivity index (χ0v) is 13.7. The second kappa shape index (κ2) is 6.45. The average molecular weight is 354 g/mol. The van der Waals surface area contributed by atoms with Crippen molar-refractivity contribution < 1.29 is 13.7 Å². The number of benzene rings is 2. The summed E-state index contributed by atoms with van der Waals surface area (Å²) in [4.78, 5) is 11.2. The van der Waals surface area contributed by atoms with Crippen molar-refractivity contribution in [2.75, 3.05) is 0 Å². The third-order valence-electron chi connectivity index (χ3n) is 3.65. The fourth-order valence-electron chi connectivity index (χ4n) is 2.46. The van der Waals surface area contributed by atoms with Crippen LogP contribution in [-0.4, -0.2) is 5.16 Å². The van der Waals surface area contributed by atoms with Crippen molar-refractivity contribution in [1.82, 2.24) is 5.16 Å². The molecule has 2 heterocycles. The summed E-state index contributed by atoms with van der Waals surface area (Å²) < 4.78 is 16.1. The summed E-state index contributed by atoms with van der Waals surface area (Å²) in [5, 5.41) is 5.46. The minimum atomic E-state index is -0.378. The lowest BCUT2D eigenvalue weighted by molar-refractivity contribution is 0.250. The van der Waals surface area contributed by atoms with Crippen LogP contribution < -0.4 is 10.4 Å². The molecule has 0 N–H and O–H groups in total. The quantitative estimate of drug-likeness (QED) is 0.498. The van der Waals surface area contributed by atoms with Crippen LogP contribution >= 0.6 is 11.6 Å². The molecule has 0 fully saturated rings. The lowest BCUT2D eigenvalue weighted by atomic mass is 10.1. The predicted octanol–water partition coefficient (Wildman–Crippen LogP) is 4.68. The Hall–Kier alpha value is -3.05. The van der Waals surface area contributed by atoms with Crippen LogP contribution in [0, 0.1) is 0 Å². The van der Waals surface area contributed by atoms with Gasteiger partial charge in [-0.05, 0) is 36.4 Å². The zero-order chi connectivity index (χ0) is 17.2. The first-order chi connectivity index (χ1) is 12.2. The van der Waals surface area contributed by atoms with Crippen LogP contribution in [0.5, 0.6) is 5.75 Å². The van der Waals surface area contributed by atoms with Gasteiger partial charge in [-0.25, -0.2) is 4.79 Å². The van der Waals surface area contributed by atoms with Crippen LogP contribution in [0.1, 0.15) is 5.76 Å². The second-order valence-electron chi connectivity index (χ2n) is 5.43. The van der Waals surface area contributed by atoms with Crippen molar-refractivity contribution in [2.24, 2.45) is 0 Å². The third kappa shape index (κ3) is 3.41. The maximum absolute atomic E-state index is 11.2. The normalized spacial score (nSPS) is 10.9. The summed E-state index contributed by atoms with van der Waals surface area (Å²) in [6.45, 7) is 0.232. The van der Waals surface area contributed by atoms with Gasteiger partial charge in [0.15, 0.2) is 5.76 Å². The van der Waals surface area contributed by atoms with E-state index in [1.165, 1.54) is 6.07 Å². The number of hydrogen-bond acceptors (Lipinski definition) is 5. The van der Waals surface area contributed by atoms with E-state index in [0.29, 0.717) is 27.8 Å². The highest BCUT2D eigenvalue weighted by molar-refractivity contribution is 6.30. The smallest absolute Gasteiger partial charge is 0.336 e. The van der Waals surface area contributed by atoms with E-state index in [-0.39, 0.29) is 12.2 Å². The van der Waals surface area contributed by atoms with Crippen molar-refractivity contribution in [2.45, 2.75) is 6.61 Å². The summed E-state index contributed by atoms with van der Waals surface area (Å²) in [6, 6.07) is 17.5. The molecule has 6 heteroatoms. The Balaban J connectivity index is 1.50. The van der Waals surface area contributed by atoms with Crippen molar-refractivity contribution in [3.63, 3.8) is 0 Å². The van der Waals surface area contributed by atoms with Crippen LogP contribution in [-0.2, 0) is 6.61 Å². The molecule has 2 aromatic heterocycles. The highest BCUT2D eigenvalue weighted by Crippen LogP contribution is 2.24. The molecule has 0 bridgehead atoms. The maximum atomic E-state index is 11.2. The molecular weight excluding hydrogens is 342 g/mol. The van der Waals surface area contributed by atoms with Gasteiger partial charge in [-0.15, -0.1) is 0 Å². The summed E-state index contributed by atoms with van der Waals surface area (Å²) in [5.74, 6) is 1.23. The number of fused-ring (bicyclic) bond motifs is 1. The van der Waals surface area contributed by atoms with E-state index in [9.17, 15) is 4.79 Å². The SMILES string of the molecule is O=c1ccc2cc(OCc3cc(-c4cccc(Cl)c4)no3)ccc2o1. The Morgan fingerprint density at radius 3 is 2.84 bits per heavy atom. The fraction of sp³-hybridized carbons (Fsp3) is 0.0526. The highest BCUT2D eigenvalue weighted by atomic mass is 35.5. The van der Waals surface area contributed by atoms with E-state index in [1.54, 1.807) is 30.3 Å². The third-order valence-corrected chi connectivity index (χ3v) is 3.89. The van der Waals surface area contributed by atoms with E-state index in [4.69, 9.17) is 25.3 Å². The van der Waals surface area contributed by atoms with Crippen LogP contribution in [0.15, 0.2) is 74.4 Å². The van der Waals surface area contributed by atoms with Gasteiger partial charge >= 0.3 is 5.63 Å². The van der Waals surface area contributed by atoms with Gasteiger partial charge < -0.3 is 13.7 Å². The summed E-state index contributed by atoms with van der Waals surface area (Å²) in [6.07, 6.45) is 0. The number of halogens is 1. The minimum Gasteiger partial charge on any atom is -0.486 e. The zero-order valence-electron chi connectivity index (χ0n) is 12.9. The fourth-order valence-corrected chi connectivity index (χ4v) is 2.65. The van der Waals surface area contributed by atoms with Crippen LogP contribution in [0.25, 0.3) is 22.2 Å². The van der Waals surface area contributed by atoms with Crippen molar-refractivity contribution in [3.05, 3.63) is 81.9 Å². The van der Waals surface area contributed by atoms with E-state index in [0.717, 1.165) is 10.9 Å². The van der Waals surface area contributed by atoms with Crippen LogP contribution in [0.4, 0.5) is 0 Å². The molecule has 0 unspecified atom stereocenters. The molecule has 2 aromatic carbocycles. The number of ether oxygens (including phenoxy) is 1. The average Bonchev–Trinajstić information content (AvgIpc) is 3.09. The van der Waals surface area contributed by atoms with Crippen molar-refractivity contribution >= 4 is 22.6 Å². The molecule has 124 valence electrons. The summed E-state index contributed by atoms with van der Waals surface area (Å²) in [7, 11) is 0. The predicted molar refractivity (Wildman–Crippen MR) is 93.8 cm³/mol. The molecule has 0 aliphatic carbocycles. The lowest BCUT2D eigenvalue weighted by Gasteiger charge is -2.04. The second-order valence-corrected chi connectivity index (χ2v) is 5.87.